The molecule has 0 fully saturated rings. The van der Waals surface area contributed by atoms with E-state index >= 15 is 0 Å². The molecule has 2 N–H and O–H groups in total. The van der Waals surface area contributed by atoms with Crippen LogP contribution >= 0.6 is 0 Å². The third-order valence-corrected chi connectivity index (χ3v) is 0.865. The quantitative estimate of drug-likeness (QED) is 0.251. The topological polar surface area (TPSA) is 129 Å². The molecule has 12 heavy (non-hydrogen) atoms. The third-order valence-electron chi connectivity index (χ3n) is 0.865. The molecule has 0 unspecified atom stereocenters. The molecule has 0 saturated heterocycles. The van der Waals surface area contributed by atoms with E-state index in [1.165, 1.54) is 0 Å². The zero-order valence-corrected chi connectivity index (χ0v) is 5.75. The maximum Gasteiger partial charge on any atom is 0.470 e. The van der Waals surface area contributed by atoms with Crippen molar-refractivity contribution in [3.05, 3.63) is 32.4 Å². The Hall–Kier alpha value is -1.99. The van der Waals surface area contributed by atoms with E-state index in [9.17, 15) is 25.0 Å². The molecule has 66 valence electrons. The minimum Gasteiger partial charge on any atom is -0.366 e. The second-order valence-electron chi connectivity index (χ2n) is 1.75. The standard InChI is InChI=1S/C4H5N3O5/c5-3(8)1-2-4(6(9)10)7(11)12/h1-2,4H,(H2,5,8)/b2-1-. The van der Waals surface area contributed by atoms with Crippen LogP contribution in [0.3, 0.4) is 0 Å². The molecule has 0 heterocycles. The highest BCUT2D eigenvalue weighted by atomic mass is 16.7. The minimum atomic E-state index is -2.11. The van der Waals surface area contributed by atoms with Gasteiger partial charge >= 0.3 is 6.17 Å². The van der Waals surface area contributed by atoms with E-state index in [4.69, 9.17) is 0 Å². The van der Waals surface area contributed by atoms with E-state index in [1.807, 2.05) is 0 Å². The Balaban J connectivity index is 4.44. The Bertz CT molecular complexity index is 233. The monoisotopic (exact) mass is 175 g/mol. The van der Waals surface area contributed by atoms with Crippen LogP contribution in [0.2, 0.25) is 0 Å². The lowest BCUT2D eigenvalue weighted by atomic mass is 10.4. The van der Waals surface area contributed by atoms with Crippen LogP contribution in [-0.4, -0.2) is 21.9 Å². The van der Waals surface area contributed by atoms with Gasteiger partial charge in [0, 0.05) is 6.08 Å². The fourth-order valence-corrected chi connectivity index (χ4v) is 0.398. The second kappa shape index (κ2) is 4.01. The van der Waals surface area contributed by atoms with Crippen molar-refractivity contribution in [2.45, 2.75) is 6.17 Å². The molecule has 0 atom stereocenters. The Labute approximate surface area is 66.0 Å². The highest BCUT2D eigenvalue weighted by molar-refractivity contribution is 5.85. The first-order valence-electron chi connectivity index (χ1n) is 2.69. The summed E-state index contributed by atoms with van der Waals surface area (Å²) in [7, 11) is 0. The first-order chi connectivity index (χ1) is 5.45. The lowest BCUT2D eigenvalue weighted by molar-refractivity contribution is -0.727. The van der Waals surface area contributed by atoms with Crippen LogP contribution in [0.5, 0.6) is 0 Å². The fourth-order valence-electron chi connectivity index (χ4n) is 0.398. The average molecular weight is 175 g/mol. The smallest absolute Gasteiger partial charge is 0.366 e. The molecule has 0 rings (SSSR count). The Morgan fingerprint density at radius 2 is 1.75 bits per heavy atom. The molecular weight excluding hydrogens is 170 g/mol. The summed E-state index contributed by atoms with van der Waals surface area (Å²) in [5, 5.41) is 19.8. The van der Waals surface area contributed by atoms with Crippen LogP contribution in [0.25, 0.3) is 0 Å². The number of carbonyl (C=O) groups is 1. The maximum atomic E-state index is 10.0. The number of rotatable bonds is 4. The SMILES string of the molecule is NC(=O)/C=C\C([N+](=O)[O-])[N+](=O)[O-]. The summed E-state index contributed by atoms with van der Waals surface area (Å²) in [6.45, 7) is 0. The molecule has 0 aliphatic heterocycles. The van der Waals surface area contributed by atoms with Gasteiger partial charge in [-0.1, -0.05) is 0 Å². The molecule has 0 spiro atoms. The molecule has 0 aromatic carbocycles. The van der Waals surface area contributed by atoms with E-state index in [0.717, 1.165) is 0 Å². The van der Waals surface area contributed by atoms with Gasteiger partial charge in [-0.3, -0.25) is 25.0 Å². The second-order valence-corrected chi connectivity index (χ2v) is 1.75. The number of hydrogen-bond acceptors (Lipinski definition) is 5. The summed E-state index contributed by atoms with van der Waals surface area (Å²) in [5.41, 5.74) is 4.57. The Morgan fingerprint density at radius 1 is 1.33 bits per heavy atom. The fraction of sp³-hybridized carbons (Fsp3) is 0.250. The lowest BCUT2D eigenvalue weighted by Gasteiger charge is -1.93. The number of nitrogens with zero attached hydrogens (tertiary/aromatic N) is 2. The van der Waals surface area contributed by atoms with Crippen molar-refractivity contribution in [1.29, 1.82) is 0 Å². The van der Waals surface area contributed by atoms with Gasteiger partial charge in [-0.15, -0.1) is 0 Å². The van der Waals surface area contributed by atoms with Gasteiger partial charge in [0.25, 0.3) is 0 Å². The summed E-state index contributed by atoms with van der Waals surface area (Å²) in [4.78, 5) is 27.6. The largest absolute Gasteiger partial charge is 0.470 e. The molecule has 8 heteroatoms. The molecule has 0 aromatic rings. The Morgan fingerprint density at radius 3 is 2.00 bits per heavy atom. The third kappa shape index (κ3) is 3.25. The highest BCUT2D eigenvalue weighted by Gasteiger charge is 2.27. The van der Waals surface area contributed by atoms with Crippen molar-refractivity contribution in [1.82, 2.24) is 0 Å². The van der Waals surface area contributed by atoms with Crippen LogP contribution in [0.1, 0.15) is 0 Å². The molecule has 0 aliphatic carbocycles. The predicted molar refractivity (Wildman–Crippen MR) is 36.1 cm³/mol. The Kier molecular flexibility index (Phi) is 3.34. The predicted octanol–water partition coefficient (Wildman–Crippen LogP) is -1.09. The molecule has 0 aromatic heterocycles. The van der Waals surface area contributed by atoms with E-state index in [1.54, 1.807) is 0 Å². The average Bonchev–Trinajstić information content (AvgIpc) is 1.84. The van der Waals surface area contributed by atoms with E-state index in [2.05, 4.69) is 5.73 Å². The van der Waals surface area contributed by atoms with Crippen LogP contribution in [0, 0.1) is 20.2 Å². The van der Waals surface area contributed by atoms with Gasteiger partial charge in [0.2, 0.25) is 5.91 Å². The van der Waals surface area contributed by atoms with Gasteiger partial charge in [0.15, 0.2) is 0 Å². The van der Waals surface area contributed by atoms with Crippen LogP contribution in [0.15, 0.2) is 12.2 Å². The van der Waals surface area contributed by atoms with Gasteiger partial charge in [-0.25, -0.2) is 0 Å². The molecule has 0 aliphatic rings. The zero-order chi connectivity index (χ0) is 9.72. The van der Waals surface area contributed by atoms with Crippen molar-refractivity contribution >= 4 is 5.91 Å². The number of primary amides is 1. The van der Waals surface area contributed by atoms with Gasteiger partial charge in [0.1, 0.15) is 9.85 Å². The lowest BCUT2D eigenvalue weighted by Crippen LogP contribution is -2.26. The molecule has 1 amide bonds. The van der Waals surface area contributed by atoms with Crippen molar-refractivity contribution in [2.24, 2.45) is 5.73 Å². The summed E-state index contributed by atoms with van der Waals surface area (Å²) in [6, 6.07) is 0. The number of amides is 1. The van der Waals surface area contributed by atoms with Gasteiger partial charge in [0.05, 0.1) is 6.08 Å². The summed E-state index contributed by atoms with van der Waals surface area (Å²) in [6.07, 6.45) is -1.02. The maximum absolute atomic E-state index is 10.0. The number of hydrogen-bond donors (Lipinski definition) is 1. The van der Waals surface area contributed by atoms with Gasteiger partial charge in [-0.05, 0) is 0 Å². The molecule has 0 radical (unpaired) electrons. The number of nitrogens with two attached hydrogens (primary N) is 1. The summed E-state index contributed by atoms with van der Waals surface area (Å²) < 4.78 is 0. The number of carbonyl (C=O) groups excluding carboxylic acids is 1. The molecule has 8 nitrogen and oxygen atoms in total. The first kappa shape index (κ1) is 10.0. The van der Waals surface area contributed by atoms with Gasteiger partial charge < -0.3 is 5.73 Å². The molecular formula is C4H5N3O5. The number of nitro groups is 2. The normalized spacial score (nSPS) is 10.4. The van der Waals surface area contributed by atoms with Gasteiger partial charge in [-0.2, -0.15) is 0 Å². The van der Waals surface area contributed by atoms with Crippen LogP contribution < -0.4 is 5.73 Å². The minimum absolute atomic E-state index is 0.516. The molecule has 0 bridgehead atoms. The molecule has 0 saturated carbocycles. The highest BCUT2D eigenvalue weighted by Crippen LogP contribution is 1.92. The van der Waals surface area contributed by atoms with Crippen molar-refractivity contribution in [3.63, 3.8) is 0 Å². The summed E-state index contributed by atoms with van der Waals surface area (Å²) in [5.74, 6) is -0.969. The van der Waals surface area contributed by atoms with Crippen LogP contribution in [0.4, 0.5) is 0 Å². The first-order valence-corrected chi connectivity index (χ1v) is 2.69. The van der Waals surface area contributed by atoms with E-state index < -0.39 is 21.9 Å². The van der Waals surface area contributed by atoms with Crippen molar-refractivity contribution in [2.75, 3.05) is 0 Å². The van der Waals surface area contributed by atoms with Crippen molar-refractivity contribution in [3.8, 4) is 0 Å². The van der Waals surface area contributed by atoms with E-state index in [-0.39, 0.29) is 0 Å². The van der Waals surface area contributed by atoms with Crippen LogP contribution in [-0.2, 0) is 4.79 Å². The summed E-state index contributed by atoms with van der Waals surface area (Å²) >= 11 is 0. The van der Waals surface area contributed by atoms with E-state index in [0.29, 0.717) is 12.2 Å². The van der Waals surface area contributed by atoms with Crippen molar-refractivity contribution < 1.29 is 14.6 Å². The zero-order valence-electron chi connectivity index (χ0n) is 5.75.